The van der Waals surface area contributed by atoms with Crippen molar-refractivity contribution in [3.63, 3.8) is 0 Å². The molecule has 0 spiro atoms. The SMILES string of the molecule is Cc1cc(C)c(NC(=O)COC(=O)CN2CCSC2=O)c(C)c1. The summed E-state index contributed by atoms with van der Waals surface area (Å²) in [5.74, 6) is -0.289. The maximum Gasteiger partial charge on any atom is 0.326 e. The standard InChI is InChI=1S/C16H20N2O4S/c1-10-6-11(2)15(12(3)7-10)17-13(19)9-22-14(20)8-18-4-5-23-16(18)21/h6-7H,4-5,8-9H2,1-3H3,(H,17,19). The molecular formula is C16H20N2O4S. The number of hydrogen-bond acceptors (Lipinski definition) is 5. The van der Waals surface area contributed by atoms with Crippen LogP contribution >= 0.6 is 11.8 Å². The van der Waals surface area contributed by atoms with Crippen LogP contribution in [0.2, 0.25) is 0 Å². The fourth-order valence-electron chi connectivity index (χ4n) is 2.47. The quantitative estimate of drug-likeness (QED) is 0.835. The fourth-order valence-corrected chi connectivity index (χ4v) is 3.29. The van der Waals surface area contributed by atoms with Gasteiger partial charge in [0.25, 0.3) is 11.1 Å². The van der Waals surface area contributed by atoms with Crippen LogP contribution in [-0.4, -0.2) is 47.5 Å². The van der Waals surface area contributed by atoms with E-state index in [0.29, 0.717) is 12.3 Å². The molecule has 1 aliphatic heterocycles. The number of amides is 2. The highest BCUT2D eigenvalue weighted by atomic mass is 32.2. The second kappa shape index (κ2) is 7.50. The molecule has 0 bridgehead atoms. The van der Waals surface area contributed by atoms with Crippen LogP contribution in [-0.2, 0) is 14.3 Å². The van der Waals surface area contributed by atoms with Crippen molar-refractivity contribution in [1.82, 2.24) is 4.90 Å². The fraction of sp³-hybridized carbons (Fsp3) is 0.438. The molecule has 0 aliphatic carbocycles. The van der Waals surface area contributed by atoms with Crippen LogP contribution in [0.1, 0.15) is 16.7 Å². The van der Waals surface area contributed by atoms with E-state index in [-0.39, 0.29) is 18.4 Å². The Hall–Kier alpha value is -2.02. The molecule has 6 nitrogen and oxygen atoms in total. The molecule has 0 atom stereocenters. The number of carbonyl (C=O) groups is 3. The number of anilines is 1. The van der Waals surface area contributed by atoms with Crippen molar-refractivity contribution in [2.24, 2.45) is 0 Å². The summed E-state index contributed by atoms with van der Waals surface area (Å²) in [6, 6.07) is 3.95. The third-order valence-corrected chi connectivity index (χ3v) is 4.36. The van der Waals surface area contributed by atoms with Gasteiger partial charge in [0.1, 0.15) is 6.54 Å². The van der Waals surface area contributed by atoms with Gasteiger partial charge in [0.05, 0.1) is 0 Å². The Labute approximate surface area is 139 Å². The minimum absolute atomic E-state index is 0.109. The zero-order chi connectivity index (χ0) is 17.0. The van der Waals surface area contributed by atoms with Gasteiger partial charge in [0.2, 0.25) is 0 Å². The lowest BCUT2D eigenvalue weighted by atomic mass is 10.1. The molecule has 2 rings (SSSR count). The predicted octanol–water partition coefficient (Wildman–Crippen LogP) is 2.26. The summed E-state index contributed by atoms with van der Waals surface area (Å²) in [5.41, 5.74) is 3.78. The first-order chi connectivity index (χ1) is 10.9. The molecule has 7 heteroatoms. The highest BCUT2D eigenvalue weighted by Crippen LogP contribution is 2.21. The zero-order valence-electron chi connectivity index (χ0n) is 13.5. The minimum Gasteiger partial charge on any atom is -0.454 e. The molecule has 1 N–H and O–H groups in total. The van der Waals surface area contributed by atoms with Crippen molar-refractivity contribution in [2.75, 3.05) is 30.8 Å². The molecule has 0 saturated carbocycles. The number of thioether (sulfide) groups is 1. The number of nitrogens with zero attached hydrogens (tertiary/aromatic N) is 1. The van der Waals surface area contributed by atoms with Gasteiger partial charge in [-0.2, -0.15) is 0 Å². The Bertz CT molecular complexity index is 622. The van der Waals surface area contributed by atoms with Gasteiger partial charge < -0.3 is 15.0 Å². The molecular weight excluding hydrogens is 316 g/mol. The number of rotatable bonds is 5. The number of hydrogen-bond donors (Lipinski definition) is 1. The van der Waals surface area contributed by atoms with Gasteiger partial charge >= 0.3 is 5.97 Å². The highest BCUT2D eigenvalue weighted by Gasteiger charge is 2.24. The van der Waals surface area contributed by atoms with E-state index in [1.165, 1.54) is 16.7 Å². The monoisotopic (exact) mass is 336 g/mol. The Morgan fingerprint density at radius 3 is 2.48 bits per heavy atom. The van der Waals surface area contributed by atoms with E-state index in [9.17, 15) is 14.4 Å². The van der Waals surface area contributed by atoms with Crippen LogP contribution in [0, 0.1) is 20.8 Å². The third-order valence-electron chi connectivity index (χ3n) is 3.47. The van der Waals surface area contributed by atoms with E-state index in [4.69, 9.17) is 4.74 Å². The summed E-state index contributed by atoms with van der Waals surface area (Å²) in [6.07, 6.45) is 0. The molecule has 1 saturated heterocycles. The summed E-state index contributed by atoms with van der Waals surface area (Å²) >= 11 is 1.18. The van der Waals surface area contributed by atoms with Crippen molar-refractivity contribution >= 4 is 34.6 Å². The molecule has 0 aromatic heterocycles. The first-order valence-electron chi connectivity index (χ1n) is 7.32. The molecule has 1 heterocycles. The van der Waals surface area contributed by atoms with Crippen molar-refractivity contribution in [1.29, 1.82) is 0 Å². The van der Waals surface area contributed by atoms with Gasteiger partial charge in [0.15, 0.2) is 6.61 Å². The van der Waals surface area contributed by atoms with Crippen LogP contribution < -0.4 is 5.32 Å². The van der Waals surface area contributed by atoms with Crippen LogP contribution in [0.3, 0.4) is 0 Å². The van der Waals surface area contributed by atoms with Crippen molar-refractivity contribution in [2.45, 2.75) is 20.8 Å². The molecule has 2 amide bonds. The van der Waals surface area contributed by atoms with Crippen LogP contribution in [0.5, 0.6) is 0 Å². The molecule has 1 aromatic rings. The lowest BCUT2D eigenvalue weighted by molar-refractivity contribution is -0.147. The number of ether oxygens (including phenoxy) is 1. The smallest absolute Gasteiger partial charge is 0.326 e. The average Bonchev–Trinajstić information content (AvgIpc) is 2.86. The van der Waals surface area contributed by atoms with Crippen molar-refractivity contribution in [3.8, 4) is 0 Å². The maximum absolute atomic E-state index is 11.9. The first kappa shape index (κ1) is 17.3. The largest absolute Gasteiger partial charge is 0.454 e. The van der Waals surface area contributed by atoms with Crippen LogP contribution in [0.4, 0.5) is 10.5 Å². The number of aryl methyl sites for hydroxylation is 3. The van der Waals surface area contributed by atoms with Gasteiger partial charge in [-0.3, -0.25) is 14.4 Å². The Morgan fingerprint density at radius 1 is 1.26 bits per heavy atom. The van der Waals surface area contributed by atoms with Crippen molar-refractivity contribution < 1.29 is 19.1 Å². The maximum atomic E-state index is 11.9. The van der Waals surface area contributed by atoms with Crippen LogP contribution in [0.25, 0.3) is 0 Å². The Balaban J connectivity index is 1.83. The van der Waals surface area contributed by atoms with E-state index in [0.717, 1.165) is 22.4 Å². The Kier molecular flexibility index (Phi) is 5.65. The van der Waals surface area contributed by atoms with Crippen LogP contribution in [0.15, 0.2) is 12.1 Å². The predicted molar refractivity (Wildman–Crippen MR) is 89.7 cm³/mol. The third kappa shape index (κ3) is 4.72. The number of carbonyl (C=O) groups excluding carboxylic acids is 3. The van der Waals surface area contributed by atoms with E-state index >= 15 is 0 Å². The van der Waals surface area contributed by atoms with E-state index in [1.807, 2.05) is 32.9 Å². The second-order valence-corrected chi connectivity index (χ2v) is 6.56. The number of benzene rings is 1. The lowest BCUT2D eigenvalue weighted by Crippen LogP contribution is -2.32. The highest BCUT2D eigenvalue weighted by molar-refractivity contribution is 8.13. The summed E-state index contributed by atoms with van der Waals surface area (Å²) < 4.78 is 4.94. The first-order valence-corrected chi connectivity index (χ1v) is 8.30. The van der Waals surface area contributed by atoms with Gasteiger partial charge in [-0.15, -0.1) is 0 Å². The summed E-state index contributed by atoms with van der Waals surface area (Å²) in [5, 5.41) is 2.64. The lowest BCUT2D eigenvalue weighted by Gasteiger charge is -2.15. The summed E-state index contributed by atoms with van der Waals surface area (Å²) in [6.45, 7) is 5.89. The van der Waals surface area contributed by atoms with Crippen molar-refractivity contribution in [3.05, 3.63) is 28.8 Å². The molecule has 1 fully saturated rings. The molecule has 0 radical (unpaired) electrons. The van der Waals surface area contributed by atoms with Gasteiger partial charge in [-0.1, -0.05) is 29.5 Å². The van der Waals surface area contributed by atoms with Gasteiger partial charge in [0, 0.05) is 18.0 Å². The molecule has 1 aromatic carbocycles. The average molecular weight is 336 g/mol. The number of nitrogens with one attached hydrogen (secondary N) is 1. The second-order valence-electron chi connectivity index (χ2n) is 5.52. The molecule has 23 heavy (non-hydrogen) atoms. The molecule has 1 aliphatic rings. The van der Waals surface area contributed by atoms with E-state index in [2.05, 4.69) is 5.32 Å². The van der Waals surface area contributed by atoms with E-state index < -0.39 is 11.9 Å². The topological polar surface area (TPSA) is 75.7 Å². The number of esters is 1. The van der Waals surface area contributed by atoms with Gasteiger partial charge in [-0.05, 0) is 31.9 Å². The minimum atomic E-state index is -0.576. The van der Waals surface area contributed by atoms with E-state index in [1.54, 1.807) is 0 Å². The summed E-state index contributed by atoms with van der Waals surface area (Å²) in [7, 11) is 0. The Morgan fingerprint density at radius 2 is 1.91 bits per heavy atom. The molecule has 0 unspecified atom stereocenters. The zero-order valence-corrected chi connectivity index (χ0v) is 14.3. The van der Waals surface area contributed by atoms with Gasteiger partial charge in [-0.25, -0.2) is 0 Å². The normalized spacial score (nSPS) is 14.0. The summed E-state index contributed by atoms with van der Waals surface area (Å²) in [4.78, 5) is 36.4. The molecule has 124 valence electrons.